The first-order valence-corrected chi connectivity index (χ1v) is 9.03. The van der Waals surface area contributed by atoms with Gasteiger partial charge in [-0.15, -0.1) is 0 Å². The number of amides is 1. The zero-order chi connectivity index (χ0) is 19.4. The summed E-state index contributed by atoms with van der Waals surface area (Å²) in [5, 5.41) is 6.17. The Labute approximate surface area is 159 Å². The van der Waals surface area contributed by atoms with Gasteiger partial charge in [0.1, 0.15) is 0 Å². The third-order valence-corrected chi connectivity index (χ3v) is 4.37. The predicted molar refractivity (Wildman–Crippen MR) is 110 cm³/mol. The summed E-state index contributed by atoms with van der Waals surface area (Å²) in [4.78, 5) is 21.1. The molecular formula is C22H24N4O. The molecule has 0 saturated heterocycles. The van der Waals surface area contributed by atoms with Gasteiger partial charge in [0.25, 0.3) is 5.91 Å². The first-order valence-electron chi connectivity index (χ1n) is 9.03. The van der Waals surface area contributed by atoms with Gasteiger partial charge in [-0.2, -0.15) is 0 Å². The van der Waals surface area contributed by atoms with E-state index in [4.69, 9.17) is 0 Å². The monoisotopic (exact) mass is 360 g/mol. The minimum Gasteiger partial charge on any atom is -0.324 e. The summed E-state index contributed by atoms with van der Waals surface area (Å²) >= 11 is 0. The summed E-state index contributed by atoms with van der Waals surface area (Å²) in [5.74, 6) is 0.249. The van der Waals surface area contributed by atoms with Crippen LogP contribution < -0.4 is 10.6 Å². The Bertz CT molecular complexity index is 944. The topological polar surface area (TPSA) is 66.9 Å². The molecule has 0 unspecified atom stereocenters. The number of aromatic nitrogens is 2. The fourth-order valence-corrected chi connectivity index (χ4v) is 3.07. The second-order valence-electron chi connectivity index (χ2n) is 6.71. The van der Waals surface area contributed by atoms with Gasteiger partial charge in [-0.25, -0.2) is 9.97 Å². The maximum absolute atomic E-state index is 12.4. The number of nitrogens with zero attached hydrogens (tertiary/aromatic N) is 2. The smallest absolute Gasteiger partial charge is 0.258 e. The Morgan fingerprint density at radius 3 is 2.30 bits per heavy atom. The van der Waals surface area contributed by atoms with E-state index in [1.807, 2.05) is 45.0 Å². The van der Waals surface area contributed by atoms with E-state index in [9.17, 15) is 4.79 Å². The molecule has 0 fully saturated rings. The largest absolute Gasteiger partial charge is 0.324 e. The number of hydrogen-bond acceptors (Lipinski definition) is 4. The molecule has 0 aliphatic heterocycles. The Kier molecular flexibility index (Phi) is 5.50. The highest BCUT2D eigenvalue weighted by Gasteiger charge is 2.10. The van der Waals surface area contributed by atoms with E-state index in [2.05, 4.69) is 39.7 Å². The van der Waals surface area contributed by atoms with Crippen molar-refractivity contribution in [1.82, 2.24) is 9.97 Å². The highest BCUT2D eigenvalue weighted by Crippen LogP contribution is 2.23. The number of benzene rings is 2. The van der Waals surface area contributed by atoms with Crippen LogP contribution in [0.4, 0.5) is 17.3 Å². The molecule has 0 bridgehead atoms. The summed E-state index contributed by atoms with van der Waals surface area (Å²) in [5.41, 5.74) is 6.75. The number of anilines is 3. The maximum atomic E-state index is 12.4. The Morgan fingerprint density at radius 2 is 1.67 bits per heavy atom. The van der Waals surface area contributed by atoms with Crippen LogP contribution in [-0.4, -0.2) is 15.9 Å². The van der Waals surface area contributed by atoms with Crippen molar-refractivity contribution in [3.63, 3.8) is 0 Å². The molecule has 1 aromatic heterocycles. The van der Waals surface area contributed by atoms with Crippen molar-refractivity contribution in [2.24, 2.45) is 0 Å². The van der Waals surface area contributed by atoms with Crippen LogP contribution in [0.3, 0.4) is 0 Å². The Hall–Kier alpha value is -3.21. The van der Waals surface area contributed by atoms with Crippen LogP contribution in [0, 0.1) is 20.8 Å². The highest BCUT2D eigenvalue weighted by molar-refractivity contribution is 6.04. The lowest BCUT2D eigenvalue weighted by Gasteiger charge is -2.13. The molecule has 3 rings (SSSR count). The second-order valence-corrected chi connectivity index (χ2v) is 6.71. The number of aryl methyl sites for hydroxylation is 4. The molecule has 3 aromatic rings. The quantitative estimate of drug-likeness (QED) is 0.675. The number of carbonyl (C=O) groups is 1. The molecule has 2 N–H and O–H groups in total. The molecule has 0 aliphatic carbocycles. The van der Waals surface area contributed by atoms with Crippen LogP contribution in [0.15, 0.2) is 48.8 Å². The standard InChI is InChI=1S/C22H24N4O/c1-5-17-8-6-7-16(4)20(17)26-22-23-12-18(13-24-22)21(27)25-19-10-14(2)9-15(3)11-19/h6-13H,5H2,1-4H3,(H,25,27)(H,23,24,26). The molecule has 0 spiro atoms. The fourth-order valence-electron chi connectivity index (χ4n) is 3.07. The molecular weight excluding hydrogens is 336 g/mol. The number of para-hydroxylation sites is 1. The first-order chi connectivity index (χ1) is 13.0. The van der Waals surface area contributed by atoms with Crippen LogP contribution in [-0.2, 0) is 6.42 Å². The normalized spacial score (nSPS) is 10.5. The van der Waals surface area contributed by atoms with E-state index < -0.39 is 0 Å². The van der Waals surface area contributed by atoms with Gasteiger partial charge in [0.2, 0.25) is 5.95 Å². The SMILES string of the molecule is CCc1cccc(C)c1Nc1ncc(C(=O)Nc2cc(C)cc(C)c2)cn1. The Morgan fingerprint density at radius 1 is 1.00 bits per heavy atom. The molecule has 5 heteroatoms. The van der Waals surface area contributed by atoms with Gasteiger partial charge in [-0.05, 0) is 61.6 Å². The lowest BCUT2D eigenvalue weighted by atomic mass is 10.1. The number of rotatable bonds is 5. The molecule has 5 nitrogen and oxygen atoms in total. The van der Waals surface area contributed by atoms with Crippen molar-refractivity contribution in [3.8, 4) is 0 Å². The first kappa shape index (κ1) is 18.6. The van der Waals surface area contributed by atoms with Gasteiger partial charge in [0, 0.05) is 23.8 Å². The van der Waals surface area contributed by atoms with Crippen molar-refractivity contribution >= 4 is 23.2 Å². The van der Waals surface area contributed by atoms with Gasteiger partial charge >= 0.3 is 0 Å². The van der Waals surface area contributed by atoms with Gasteiger partial charge in [0.15, 0.2) is 0 Å². The fraction of sp³-hybridized carbons (Fsp3) is 0.227. The molecule has 138 valence electrons. The Balaban J connectivity index is 1.74. The van der Waals surface area contributed by atoms with Crippen molar-refractivity contribution in [2.75, 3.05) is 10.6 Å². The van der Waals surface area contributed by atoms with E-state index >= 15 is 0 Å². The molecule has 0 atom stereocenters. The van der Waals surface area contributed by atoms with Crippen LogP contribution in [0.2, 0.25) is 0 Å². The lowest BCUT2D eigenvalue weighted by Crippen LogP contribution is -2.13. The van der Waals surface area contributed by atoms with E-state index in [1.165, 1.54) is 18.0 Å². The van der Waals surface area contributed by atoms with Crippen LogP contribution in [0.1, 0.15) is 39.5 Å². The second kappa shape index (κ2) is 7.99. The molecule has 0 aliphatic rings. The minimum absolute atomic E-state index is 0.225. The van der Waals surface area contributed by atoms with Crippen LogP contribution >= 0.6 is 0 Å². The number of nitrogens with one attached hydrogen (secondary N) is 2. The van der Waals surface area contributed by atoms with E-state index in [0.29, 0.717) is 11.5 Å². The van der Waals surface area contributed by atoms with Gasteiger partial charge in [0.05, 0.1) is 5.56 Å². The third kappa shape index (κ3) is 4.50. The van der Waals surface area contributed by atoms with E-state index in [1.54, 1.807) is 0 Å². The average molecular weight is 360 g/mol. The number of carbonyl (C=O) groups excluding carboxylic acids is 1. The summed E-state index contributed by atoms with van der Waals surface area (Å²) in [6.45, 7) is 8.17. The van der Waals surface area contributed by atoms with Crippen molar-refractivity contribution in [1.29, 1.82) is 0 Å². The highest BCUT2D eigenvalue weighted by atomic mass is 16.1. The van der Waals surface area contributed by atoms with Crippen molar-refractivity contribution in [2.45, 2.75) is 34.1 Å². The molecule has 1 amide bonds. The van der Waals surface area contributed by atoms with Crippen LogP contribution in [0.25, 0.3) is 0 Å². The van der Waals surface area contributed by atoms with Crippen molar-refractivity contribution in [3.05, 3.63) is 76.6 Å². The van der Waals surface area contributed by atoms with Gasteiger partial charge in [-0.1, -0.05) is 31.2 Å². The molecule has 2 aromatic carbocycles. The van der Waals surface area contributed by atoms with Crippen LogP contribution in [0.5, 0.6) is 0 Å². The zero-order valence-corrected chi connectivity index (χ0v) is 16.1. The van der Waals surface area contributed by atoms with Gasteiger partial charge in [-0.3, -0.25) is 4.79 Å². The average Bonchev–Trinajstić information content (AvgIpc) is 2.63. The summed E-state index contributed by atoms with van der Waals surface area (Å²) < 4.78 is 0. The summed E-state index contributed by atoms with van der Waals surface area (Å²) in [6.07, 6.45) is 3.99. The van der Waals surface area contributed by atoms with Gasteiger partial charge < -0.3 is 10.6 Å². The molecule has 0 saturated carbocycles. The zero-order valence-electron chi connectivity index (χ0n) is 16.1. The van der Waals surface area contributed by atoms with E-state index in [-0.39, 0.29) is 5.91 Å². The predicted octanol–water partition coefficient (Wildman–Crippen LogP) is 4.96. The number of hydrogen-bond donors (Lipinski definition) is 2. The summed E-state index contributed by atoms with van der Waals surface area (Å²) in [7, 11) is 0. The summed E-state index contributed by atoms with van der Waals surface area (Å²) in [6, 6.07) is 12.1. The lowest BCUT2D eigenvalue weighted by molar-refractivity contribution is 0.102. The third-order valence-electron chi connectivity index (χ3n) is 4.37. The maximum Gasteiger partial charge on any atom is 0.258 e. The van der Waals surface area contributed by atoms with E-state index in [0.717, 1.165) is 34.5 Å². The van der Waals surface area contributed by atoms with Crippen molar-refractivity contribution < 1.29 is 4.79 Å². The minimum atomic E-state index is -0.225. The molecule has 27 heavy (non-hydrogen) atoms. The molecule has 1 heterocycles. The molecule has 0 radical (unpaired) electrons.